The van der Waals surface area contributed by atoms with Gasteiger partial charge in [0.1, 0.15) is 18.2 Å². The second kappa shape index (κ2) is 7.51. The highest BCUT2D eigenvalue weighted by Gasteiger charge is 2.55. The van der Waals surface area contributed by atoms with E-state index in [0.29, 0.717) is 23.4 Å². The van der Waals surface area contributed by atoms with Gasteiger partial charge >= 0.3 is 6.09 Å². The van der Waals surface area contributed by atoms with Crippen LogP contribution in [0, 0.1) is 23.1 Å². The third kappa shape index (κ3) is 3.79. The number of halogens is 1. The summed E-state index contributed by atoms with van der Waals surface area (Å²) in [5.74, 6) is 5.81. The van der Waals surface area contributed by atoms with Gasteiger partial charge in [-0.25, -0.2) is 9.18 Å². The Kier molecular flexibility index (Phi) is 5.28. The number of benzene rings is 1. The zero-order valence-corrected chi connectivity index (χ0v) is 16.2. The van der Waals surface area contributed by atoms with Crippen LogP contribution < -0.4 is 4.74 Å². The van der Waals surface area contributed by atoms with E-state index >= 15 is 0 Å². The van der Waals surface area contributed by atoms with Gasteiger partial charge in [0.05, 0.1) is 17.3 Å². The molecule has 0 bridgehead atoms. The number of aromatic nitrogens is 1. The second-order valence-electron chi connectivity index (χ2n) is 7.89. The van der Waals surface area contributed by atoms with Crippen LogP contribution in [0.15, 0.2) is 42.7 Å². The molecule has 1 aromatic carbocycles. The number of amides is 1. The Hall–Kier alpha value is -3.07. The smallest absolute Gasteiger partial charge is 0.407 e. The van der Waals surface area contributed by atoms with Crippen molar-refractivity contribution in [3.8, 4) is 17.6 Å². The van der Waals surface area contributed by atoms with E-state index in [2.05, 4.69) is 16.8 Å². The first-order chi connectivity index (χ1) is 13.2. The summed E-state index contributed by atoms with van der Waals surface area (Å²) in [6.07, 6.45) is 2.94. The molecule has 1 N–H and O–H groups in total. The van der Waals surface area contributed by atoms with E-state index in [4.69, 9.17) is 4.74 Å². The van der Waals surface area contributed by atoms with Crippen LogP contribution in [0.4, 0.5) is 9.18 Å². The molecule has 1 saturated heterocycles. The third-order valence-electron chi connectivity index (χ3n) is 5.30. The molecule has 1 atom stereocenters. The van der Waals surface area contributed by atoms with E-state index in [-0.39, 0.29) is 17.8 Å². The van der Waals surface area contributed by atoms with Crippen LogP contribution >= 0.6 is 0 Å². The van der Waals surface area contributed by atoms with Crippen LogP contribution in [-0.2, 0) is 0 Å². The van der Waals surface area contributed by atoms with Gasteiger partial charge in [-0.05, 0) is 30.0 Å². The minimum absolute atomic E-state index is 0.231. The third-order valence-corrected chi connectivity index (χ3v) is 5.30. The number of ether oxygens (including phenoxy) is 1. The Morgan fingerprint density at radius 2 is 2.07 bits per heavy atom. The zero-order chi connectivity index (χ0) is 20.4. The number of carboxylic acid groups (broad SMARTS) is 1. The molecule has 0 aliphatic carbocycles. The zero-order valence-electron chi connectivity index (χ0n) is 16.2. The summed E-state index contributed by atoms with van der Waals surface area (Å²) < 4.78 is 19.6. The molecule has 1 aromatic heterocycles. The van der Waals surface area contributed by atoms with Crippen molar-refractivity contribution in [3.05, 3.63) is 59.7 Å². The lowest BCUT2D eigenvalue weighted by molar-refractivity contribution is -0.0962. The van der Waals surface area contributed by atoms with Crippen LogP contribution in [0.5, 0.6) is 5.75 Å². The molecule has 0 radical (unpaired) electrons. The van der Waals surface area contributed by atoms with Crippen LogP contribution in [0.3, 0.4) is 0 Å². The van der Waals surface area contributed by atoms with Crippen molar-refractivity contribution in [2.75, 3.05) is 13.2 Å². The molecule has 6 heteroatoms. The largest absolute Gasteiger partial charge is 0.489 e. The van der Waals surface area contributed by atoms with E-state index in [1.807, 2.05) is 20.8 Å². The average Bonchev–Trinajstić information content (AvgIpc) is 2.59. The van der Waals surface area contributed by atoms with Gasteiger partial charge in [0, 0.05) is 18.3 Å². The molecular formula is C22H23FN2O3. The number of hydrogen-bond donors (Lipinski definition) is 1. The van der Waals surface area contributed by atoms with Crippen LogP contribution in [0.25, 0.3) is 0 Å². The minimum Gasteiger partial charge on any atom is -0.489 e. The van der Waals surface area contributed by atoms with Crippen LogP contribution in [-0.4, -0.2) is 39.8 Å². The minimum atomic E-state index is -0.938. The fraction of sp³-hybridized carbons (Fsp3) is 0.364. The quantitative estimate of drug-likeness (QED) is 0.810. The van der Waals surface area contributed by atoms with Gasteiger partial charge in [-0.2, -0.15) is 0 Å². The van der Waals surface area contributed by atoms with Gasteiger partial charge in [-0.1, -0.05) is 44.7 Å². The molecule has 2 heterocycles. The van der Waals surface area contributed by atoms with Crippen molar-refractivity contribution in [1.29, 1.82) is 0 Å². The van der Waals surface area contributed by atoms with Gasteiger partial charge in [0.25, 0.3) is 0 Å². The number of nitrogens with zero attached hydrogens (tertiary/aromatic N) is 2. The summed E-state index contributed by atoms with van der Waals surface area (Å²) in [5.41, 5.74) is 0.0360. The molecule has 1 aliphatic heterocycles. The van der Waals surface area contributed by atoms with Crippen molar-refractivity contribution < 1.29 is 19.0 Å². The van der Waals surface area contributed by atoms with Crippen LogP contribution in [0.2, 0.25) is 0 Å². The number of carbonyl (C=O) groups is 1. The lowest BCUT2D eigenvalue weighted by Gasteiger charge is -2.57. The lowest BCUT2D eigenvalue weighted by atomic mass is 9.66. The topological polar surface area (TPSA) is 62.7 Å². The van der Waals surface area contributed by atoms with Gasteiger partial charge in [-0.3, -0.25) is 9.88 Å². The molecule has 3 rings (SSSR count). The van der Waals surface area contributed by atoms with Crippen molar-refractivity contribution in [2.45, 2.75) is 32.7 Å². The molecule has 1 amide bonds. The molecule has 0 unspecified atom stereocenters. The summed E-state index contributed by atoms with van der Waals surface area (Å²) in [4.78, 5) is 17.1. The normalized spacial score (nSPS) is 18.6. The number of rotatable bonds is 3. The average molecular weight is 382 g/mol. The summed E-state index contributed by atoms with van der Waals surface area (Å²) in [7, 11) is 0. The summed E-state index contributed by atoms with van der Waals surface area (Å²) in [6.45, 7) is 6.77. The van der Waals surface area contributed by atoms with Crippen molar-refractivity contribution in [3.63, 3.8) is 0 Å². The molecule has 5 nitrogen and oxygen atoms in total. The highest BCUT2D eigenvalue weighted by Crippen LogP contribution is 2.45. The molecule has 28 heavy (non-hydrogen) atoms. The van der Waals surface area contributed by atoms with Crippen molar-refractivity contribution in [1.82, 2.24) is 9.88 Å². The Morgan fingerprint density at radius 3 is 2.68 bits per heavy atom. The highest BCUT2D eigenvalue weighted by molar-refractivity contribution is 5.68. The maximum atomic E-state index is 13.7. The van der Waals surface area contributed by atoms with Gasteiger partial charge in [0.15, 0.2) is 0 Å². The predicted octanol–water partition coefficient (Wildman–Crippen LogP) is 4.17. The first-order valence-electron chi connectivity index (χ1n) is 9.08. The molecule has 0 saturated carbocycles. The summed E-state index contributed by atoms with van der Waals surface area (Å²) >= 11 is 0. The van der Waals surface area contributed by atoms with Crippen LogP contribution in [0.1, 0.15) is 38.3 Å². The maximum absolute atomic E-state index is 13.7. The Balaban J connectivity index is 1.77. The van der Waals surface area contributed by atoms with Crippen molar-refractivity contribution >= 4 is 6.09 Å². The SMILES string of the molecule is CC(C)(C)[C@]1(COc2cncc(C#Cc3ccccc3F)c2)CCN1C(=O)O. The maximum Gasteiger partial charge on any atom is 0.407 e. The standard InChI is InChI=1S/C22H23FN2O3/c1-21(2,3)22(10-11-25(22)20(26)27)15-28-18-12-16(13-24-14-18)8-9-17-6-4-5-7-19(17)23/h4-7,12-14H,10-11,15H2,1-3H3,(H,26,27)/t22-/m1/s1. The van der Waals surface area contributed by atoms with Gasteiger partial charge in [0.2, 0.25) is 0 Å². The van der Waals surface area contributed by atoms with Crippen molar-refractivity contribution in [2.24, 2.45) is 5.41 Å². The number of pyridine rings is 1. The summed E-state index contributed by atoms with van der Waals surface area (Å²) in [5, 5.41) is 9.48. The van der Waals surface area contributed by atoms with Gasteiger partial charge in [-0.15, -0.1) is 0 Å². The summed E-state index contributed by atoms with van der Waals surface area (Å²) in [6, 6.07) is 8.04. The van der Waals surface area contributed by atoms with Gasteiger partial charge < -0.3 is 9.84 Å². The van der Waals surface area contributed by atoms with E-state index < -0.39 is 11.6 Å². The molecule has 1 aliphatic rings. The highest BCUT2D eigenvalue weighted by atomic mass is 19.1. The van der Waals surface area contributed by atoms with E-state index in [9.17, 15) is 14.3 Å². The van der Waals surface area contributed by atoms with E-state index in [1.54, 1.807) is 36.7 Å². The molecular weight excluding hydrogens is 359 g/mol. The molecule has 2 aromatic rings. The predicted molar refractivity (Wildman–Crippen MR) is 104 cm³/mol. The second-order valence-corrected chi connectivity index (χ2v) is 7.89. The number of hydrogen-bond acceptors (Lipinski definition) is 3. The fourth-order valence-electron chi connectivity index (χ4n) is 3.39. The fourth-order valence-corrected chi connectivity index (χ4v) is 3.39. The van der Waals surface area contributed by atoms with E-state index in [1.165, 1.54) is 11.0 Å². The Labute approximate surface area is 164 Å². The first kappa shape index (κ1) is 19.7. The lowest BCUT2D eigenvalue weighted by Crippen LogP contribution is -2.70. The molecule has 0 spiro atoms. The Morgan fingerprint density at radius 1 is 1.32 bits per heavy atom. The number of likely N-dealkylation sites (tertiary alicyclic amines) is 1. The molecule has 1 fully saturated rings. The first-order valence-corrected chi connectivity index (χ1v) is 9.08. The Bertz CT molecular complexity index is 943. The monoisotopic (exact) mass is 382 g/mol. The van der Waals surface area contributed by atoms with E-state index in [0.717, 1.165) is 6.42 Å². The molecule has 146 valence electrons.